The van der Waals surface area contributed by atoms with E-state index in [0.29, 0.717) is 0 Å². The van der Waals surface area contributed by atoms with Gasteiger partial charge in [0.2, 0.25) is 0 Å². The molecule has 0 amide bonds. The number of aromatic nitrogens is 3. The van der Waals surface area contributed by atoms with Crippen LogP contribution in [-0.2, 0) is 13.1 Å². The Kier molecular flexibility index (Phi) is 3.90. The van der Waals surface area contributed by atoms with Crippen LogP contribution < -0.4 is 5.32 Å². The van der Waals surface area contributed by atoms with Gasteiger partial charge in [-0.2, -0.15) is 5.10 Å². The number of hydrogen-bond donors (Lipinski definition) is 2. The van der Waals surface area contributed by atoms with Crippen LogP contribution in [0.4, 0.5) is 0 Å². The highest BCUT2D eigenvalue weighted by Crippen LogP contribution is 2.25. The Balaban J connectivity index is 1.64. The lowest BCUT2D eigenvalue weighted by Crippen LogP contribution is -2.14. The lowest BCUT2D eigenvalue weighted by atomic mass is 10.2. The summed E-state index contributed by atoms with van der Waals surface area (Å²) in [4.78, 5) is 5.70. The van der Waals surface area contributed by atoms with Crippen molar-refractivity contribution >= 4 is 11.3 Å². The number of nitrogens with one attached hydrogen (secondary N) is 2. The van der Waals surface area contributed by atoms with Crippen molar-refractivity contribution in [1.29, 1.82) is 0 Å². The van der Waals surface area contributed by atoms with Crippen molar-refractivity contribution in [3.05, 3.63) is 58.9 Å². The number of rotatable bonds is 5. The molecule has 20 heavy (non-hydrogen) atoms. The Labute approximate surface area is 121 Å². The molecule has 3 aromatic rings. The molecule has 4 nitrogen and oxygen atoms in total. The molecular weight excluding hydrogens is 268 g/mol. The minimum Gasteiger partial charge on any atom is -0.307 e. The molecule has 0 fully saturated rings. The first-order valence-corrected chi connectivity index (χ1v) is 7.40. The molecule has 102 valence electrons. The third-order valence-corrected chi connectivity index (χ3v) is 3.94. The first-order chi connectivity index (χ1) is 9.83. The van der Waals surface area contributed by atoms with E-state index in [1.165, 1.54) is 10.4 Å². The molecule has 0 spiro atoms. The summed E-state index contributed by atoms with van der Waals surface area (Å²) in [5.41, 5.74) is 4.39. The molecule has 0 aliphatic rings. The van der Waals surface area contributed by atoms with Gasteiger partial charge in [0.1, 0.15) is 0 Å². The van der Waals surface area contributed by atoms with Gasteiger partial charge in [0.05, 0.1) is 22.5 Å². The van der Waals surface area contributed by atoms with Crippen molar-refractivity contribution in [2.45, 2.75) is 20.0 Å². The molecule has 5 heteroatoms. The van der Waals surface area contributed by atoms with Crippen LogP contribution in [0.15, 0.2) is 41.9 Å². The normalized spacial score (nSPS) is 10.8. The smallest absolute Gasteiger partial charge is 0.0794 e. The second-order valence-corrected chi connectivity index (χ2v) is 5.57. The van der Waals surface area contributed by atoms with Crippen molar-refractivity contribution in [3.63, 3.8) is 0 Å². The van der Waals surface area contributed by atoms with E-state index in [0.717, 1.165) is 30.2 Å². The fraction of sp³-hybridized carbons (Fsp3) is 0.200. The number of thiophene rings is 1. The van der Waals surface area contributed by atoms with E-state index in [1.54, 1.807) is 11.3 Å². The Morgan fingerprint density at radius 2 is 2.15 bits per heavy atom. The van der Waals surface area contributed by atoms with Gasteiger partial charge >= 0.3 is 0 Å². The fourth-order valence-corrected chi connectivity index (χ4v) is 2.86. The highest BCUT2D eigenvalue weighted by atomic mass is 32.1. The molecular formula is C15H16N4S. The van der Waals surface area contributed by atoms with E-state index in [2.05, 4.69) is 38.0 Å². The maximum atomic E-state index is 4.48. The van der Waals surface area contributed by atoms with Gasteiger partial charge in [-0.25, -0.2) is 0 Å². The van der Waals surface area contributed by atoms with E-state index in [4.69, 9.17) is 0 Å². The van der Waals surface area contributed by atoms with Crippen LogP contribution >= 0.6 is 11.3 Å². The van der Waals surface area contributed by atoms with Crippen LogP contribution in [0.3, 0.4) is 0 Å². The second kappa shape index (κ2) is 5.98. The summed E-state index contributed by atoms with van der Waals surface area (Å²) in [7, 11) is 0. The van der Waals surface area contributed by atoms with Crippen molar-refractivity contribution in [2.75, 3.05) is 0 Å². The van der Waals surface area contributed by atoms with E-state index in [9.17, 15) is 0 Å². The zero-order chi connectivity index (χ0) is 13.8. The summed E-state index contributed by atoms with van der Waals surface area (Å²) in [6.07, 6.45) is 1.88. The zero-order valence-corrected chi connectivity index (χ0v) is 12.1. The van der Waals surface area contributed by atoms with Crippen LogP contribution in [0.25, 0.3) is 10.6 Å². The largest absolute Gasteiger partial charge is 0.307 e. The van der Waals surface area contributed by atoms with Gasteiger partial charge in [-0.15, -0.1) is 11.3 Å². The number of nitrogens with zero attached hydrogens (tertiary/aromatic N) is 2. The lowest BCUT2D eigenvalue weighted by Gasteiger charge is -2.05. The molecule has 0 saturated heterocycles. The van der Waals surface area contributed by atoms with E-state index < -0.39 is 0 Å². The van der Waals surface area contributed by atoms with Crippen molar-refractivity contribution in [2.24, 2.45) is 0 Å². The van der Waals surface area contributed by atoms with E-state index >= 15 is 0 Å². The minimum atomic E-state index is 0.761. The van der Waals surface area contributed by atoms with Gasteiger partial charge in [0.25, 0.3) is 0 Å². The van der Waals surface area contributed by atoms with Gasteiger partial charge in [-0.3, -0.25) is 10.1 Å². The summed E-state index contributed by atoms with van der Waals surface area (Å²) in [6.45, 7) is 3.55. The molecule has 3 heterocycles. The summed E-state index contributed by atoms with van der Waals surface area (Å²) < 4.78 is 0. The van der Waals surface area contributed by atoms with Crippen molar-refractivity contribution < 1.29 is 0 Å². The summed E-state index contributed by atoms with van der Waals surface area (Å²) in [6, 6.07) is 10.2. The lowest BCUT2D eigenvalue weighted by molar-refractivity contribution is 0.679. The Morgan fingerprint density at radius 3 is 2.95 bits per heavy atom. The standard InChI is InChI=1S/C15H16N4S/c1-11-4-2-5-13(18-11)10-16-8-12-9-17-19-15(12)14-6-3-7-20-14/h2-7,9,16H,8,10H2,1H3,(H,17,19). The molecule has 0 saturated carbocycles. The number of aromatic amines is 1. The number of pyridine rings is 1. The molecule has 3 rings (SSSR count). The summed E-state index contributed by atoms with van der Waals surface area (Å²) >= 11 is 1.72. The molecule has 2 N–H and O–H groups in total. The maximum absolute atomic E-state index is 4.48. The SMILES string of the molecule is Cc1cccc(CNCc2cn[nH]c2-c2cccs2)n1. The van der Waals surface area contributed by atoms with Gasteiger partial charge < -0.3 is 5.32 Å². The first kappa shape index (κ1) is 13.0. The van der Waals surface area contributed by atoms with Crippen molar-refractivity contribution in [3.8, 4) is 10.6 Å². The van der Waals surface area contributed by atoms with Crippen LogP contribution in [0.5, 0.6) is 0 Å². The quantitative estimate of drug-likeness (QED) is 0.757. The topological polar surface area (TPSA) is 53.6 Å². The van der Waals surface area contributed by atoms with Crippen molar-refractivity contribution in [1.82, 2.24) is 20.5 Å². The highest BCUT2D eigenvalue weighted by molar-refractivity contribution is 7.13. The zero-order valence-electron chi connectivity index (χ0n) is 11.3. The molecule has 0 atom stereocenters. The van der Waals surface area contributed by atoms with Crippen LogP contribution in [0.2, 0.25) is 0 Å². The summed E-state index contributed by atoms with van der Waals surface area (Å²) in [5, 5.41) is 12.7. The number of H-pyrrole nitrogens is 1. The van der Waals surface area contributed by atoms with E-state index in [1.807, 2.05) is 31.3 Å². The molecule has 0 radical (unpaired) electrons. The van der Waals surface area contributed by atoms with Gasteiger partial charge in [-0.05, 0) is 30.5 Å². The van der Waals surface area contributed by atoms with Gasteiger partial charge in [0, 0.05) is 24.3 Å². The third kappa shape index (κ3) is 2.95. The highest BCUT2D eigenvalue weighted by Gasteiger charge is 2.08. The average molecular weight is 284 g/mol. The van der Waals surface area contributed by atoms with Gasteiger partial charge in [-0.1, -0.05) is 12.1 Å². The Morgan fingerprint density at radius 1 is 1.20 bits per heavy atom. The molecule has 0 aliphatic heterocycles. The predicted octanol–water partition coefficient (Wildman–Crippen LogP) is 3.13. The fourth-order valence-electron chi connectivity index (χ4n) is 2.10. The average Bonchev–Trinajstić information content (AvgIpc) is 3.09. The molecule has 0 bridgehead atoms. The predicted molar refractivity (Wildman–Crippen MR) is 81.4 cm³/mol. The summed E-state index contributed by atoms with van der Waals surface area (Å²) in [5.74, 6) is 0. The minimum absolute atomic E-state index is 0.761. The Bertz CT molecular complexity index is 673. The van der Waals surface area contributed by atoms with E-state index in [-0.39, 0.29) is 0 Å². The first-order valence-electron chi connectivity index (χ1n) is 6.52. The maximum Gasteiger partial charge on any atom is 0.0794 e. The molecule has 0 unspecified atom stereocenters. The second-order valence-electron chi connectivity index (χ2n) is 4.62. The molecule has 3 aromatic heterocycles. The number of aryl methyl sites for hydroxylation is 1. The molecule has 0 aliphatic carbocycles. The monoisotopic (exact) mass is 284 g/mol. The molecule has 0 aromatic carbocycles. The third-order valence-electron chi connectivity index (χ3n) is 3.05. The Hall–Kier alpha value is -1.98. The van der Waals surface area contributed by atoms with Crippen LogP contribution in [-0.4, -0.2) is 15.2 Å². The van der Waals surface area contributed by atoms with Crippen LogP contribution in [0.1, 0.15) is 17.0 Å². The number of hydrogen-bond acceptors (Lipinski definition) is 4. The van der Waals surface area contributed by atoms with Gasteiger partial charge in [0.15, 0.2) is 0 Å². The van der Waals surface area contributed by atoms with Crippen LogP contribution in [0, 0.1) is 6.92 Å².